The summed E-state index contributed by atoms with van der Waals surface area (Å²) in [5, 5.41) is 1.57. The summed E-state index contributed by atoms with van der Waals surface area (Å²) >= 11 is 0. The quantitative estimate of drug-likeness (QED) is 0.570. The van der Waals surface area contributed by atoms with E-state index in [9.17, 15) is 4.39 Å². The Morgan fingerprint density at radius 2 is 2.00 bits per heavy atom. The third kappa shape index (κ3) is 0.620. The second-order valence-corrected chi connectivity index (χ2v) is 2.19. The van der Waals surface area contributed by atoms with E-state index in [4.69, 9.17) is 0 Å². The summed E-state index contributed by atoms with van der Waals surface area (Å²) in [5.74, 6) is -0.254. The number of rotatable bonds is 0. The van der Waals surface area contributed by atoms with Crippen molar-refractivity contribution in [2.75, 3.05) is 0 Å². The number of benzene rings is 1. The van der Waals surface area contributed by atoms with Crippen molar-refractivity contribution in [1.82, 2.24) is 4.98 Å². The summed E-state index contributed by atoms with van der Waals surface area (Å²) in [6.07, 6.45) is 1.66. The Morgan fingerprint density at radius 1 is 1.20 bits per heavy atom. The van der Waals surface area contributed by atoms with E-state index in [-0.39, 0.29) is 5.95 Å². The van der Waals surface area contributed by atoms with Crippen LogP contribution in [0, 0.1) is 5.95 Å². The Morgan fingerprint density at radius 3 is 2.80 bits per heavy atom. The maximum Gasteiger partial charge on any atom is 0.198 e. The van der Waals surface area contributed by atoms with Gasteiger partial charge in [-0.25, -0.2) is 0 Å². The normalized spacial score (nSPS) is 10.5. The molecule has 0 saturated carbocycles. The molecular weight excluding hydrogens is 129 g/mol. The SMILES string of the molecule is Fc1[nH]cc2ccccc12. The summed E-state index contributed by atoms with van der Waals surface area (Å²) in [4.78, 5) is 2.51. The zero-order valence-corrected chi connectivity index (χ0v) is 5.26. The minimum absolute atomic E-state index is 0.254. The molecule has 0 aliphatic heterocycles. The maximum atomic E-state index is 12.7. The average molecular weight is 135 g/mol. The lowest BCUT2D eigenvalue weighted by Crippen LogP contribution is -1.68. The standard InChI is InChI=1S/C8H6FN/c9-8-7-4-2-1-3-6(7)5-10-8/h1-5,10H. The van der Waals surface area contributed by atoms with Crippen LogP contribution in [0.1, 0.15) is 0 Å². The Hall–Kier alpha value is -1.31. The molecular formula is C8H6FN. The molecule has 1 aromatic carbocycles. The monoisotopic (exact) mass is 135 g/mol. The molecule has 0 bridgehead atoms. The van der Waals surface area contributed by atoms with Crippen molar-refractivity contribution in [3.63, 3.8) is 0 Å². The van der Waals surface area contributed by atoms with Gasteiger partial charge < -0.3 is 4.98 Å². The van der Waals surface area contributed by atoms with Crippen LogP contribution < -0.4 is 0 Å². The molecule has 1 heterocycles. The Bertz CT molecular complexity index is 351. The highest BCUT2D eigenvalue weighted by Crippen LogP contribution is 2.15. The Balaban J connectivity index is 2.93. The zero-order valence-electron chi connectivity index (χ0n) is 5.26. The summed E-state index contributed by atoms with van der Waals surface area (Å²) < 4.78 is 12.7. The molecule has 0 atom stereocenters. The number of H-pyrrole nitrogens is 1. The number of halogens is 1. The molecule has 0 spiro atoms. The fraction of sp³-hybridized carbons (Fsp3) is 0. The van der Waals surface area contributed by atoms with E-state index in [2.05, 4.69) is 4.98 Å². The number of aromatic nitrogens is 1. The predicted octanol–water partition coefficient (Wildman–Crippen LogP) is 2.31. The highest BCUT2D eigenvalue weighted by Gasteiger charge is 1.98. The van der Waals surface area contributed by atoms with Gasteiger partial charge in [0.25, 0.3) is 0 Å². The molecule has 2 rings (SSSR count). The third-order valence-electron chi connectivity index (χ3n) is 1.55. The third-order valence-corrected chi connectivity index (χ3v) is 1.55. The van der Waals surface area contributed by atoms with Gasteiger partial charge in [0.1, 0.15) is 0 Å². The lowest BCUT2D eigenvalue weighted by Gasteiger charge is -1.84. The van der Waals surface area contributed by atoms with Crippen LogP contribution in [0.4, 0.5) is 4.39 Å². The number of hydrogen-bond donors (Lipinski definition) is 1. The Labute approximate surface area is 57.5 Å². The lowest BCUT2D eigenvalue weighted by molar-refractivity contribution is 0.602. The molecule has 0 saturated heterocycles. The van der Waals surface area contributed by atoms with Crippen LogP contribution in [0.2, 0.25) is 0 Å². The van der Waals surface area contributed by atoms with Crippen LogP contribution in [0.3, 0.4) is 0 Å². The first-order valence-corrected chi connectivity index (χ1v) is 3.09. The first-order chi connectivity index (χ1) is 4.88. The fourth-order valence-corrected chi connectivity index (χ4v) is 1.04. The second kappa shape index (κ2) is 1.84. The maximum absolute atomic E-state index is 12.7. The summed E-state index contributed by atoms with van der Waals surface area (Å²) in [5.41, 5.74) is 0. The molecule has 0 aliphatic carbocycles. The first-order valence-electron chi connectivity index (χ1n) is 3.09. The van der Waals surface area contributed by atoms with E-state index in [1.165, 1.54) is 0 Å². The van der Waals surface area contributed by atoms with E-state index < -0.39 is 0 Å². The number of fused-ring (bicyclic) bond motifs is 1. The highest BCUT2D eigenvalue weighted by atomic mass is 19.1. The van der Waals surface area contributed by atoms with Gasteiger partial charge in [-0.3, -0.25) is 0 Å². The van der Waals surface area contributed by atoms with Gasteiger partial charge in [0.15, 0.2) is 5.95 Å². The van der Waals surface area contributed by atoms with Crippen LogP contribution >= 0.6 is 0 Å². The van der Waals surface area contributed by atoms with Crippen LogP contribution in [-0.2, 0) is 0 Å². The average Bonchev–Trinajstić information content (AvgIpc) is 2.34. The molecule has 1 aromatic heterocycles. The fourth-order valence-electron chi connectivity index (χ4n) is 1.04. The molecule has 10 heavy (non-hydrogen) atoms. The molecule has 0 radical (unpaired) electrons. The van der Waals surface area contributed by atoms with Crippen LogP contribution in [0.5, 0.6) is 0 Å². The van der Waals surface area contributed by atoms with Crippen molar-refractivity contribution < 1.29 is 4.39 Å². The van der Waals surface area contributed by atoms with E-state index in [1.807, 2.05) is 18.2 Å². The van der Waals surface area contributed by atoms with Gasteiger partial charge in [0, 0.05) is 17.0 Å². The molecule has 0 amide bonds. The molecule has 2 heteroatoms. The number of aromatic amines is 1. The summed E-state index contributed by atoms with van der Waals surface area (Å²) in [7, 11) is 0. The van der Waals surface area contributed by atoms with Crippen LogP contribution in [0.15, 0.2) is 30.5 Å². The number of nitrogens with one attached hydrogen (secondary N) is 1. The summed E-state index contributed by atoms with van der Waals surface area (Å²) in [6, 6.07) is 7.32. The van der Waals surface area contributed by atoms with E-state index in [0.29, 0.717) is 5.39 Å². The van der Waals surface area contributed by atoms with Gasteiger partial charge in [-0.05, 0) is 6.07 Å². The van der Waals surface area contributed by atoms with Gasteiger partial charge in [-0.15, -0.1) is 0 Å². The summed E-state index contributed by atoms with van der Waals surface area (Å²) in [6.45, 7) is 0. The zero-order chi connectivity index (χ0) is 6.97. The minimum atomic E-state index is -0.254. The van der Waals surface area contributed by atoms with Gasteiger partial charge in [-0.1, -0.05) is 18.2 Å². The van der Waals surface area contributed by atoms with Gasteiger partial charge >= 0.3 is 0 Å². The molecule has 2 aromatic rings. The topological polar surface area (TPSA) is 15.8 Å². The van der Waals surface area contributed by atoms with Crippen molar-refractivity contribution in [2.24, 2.45) is 0 Å². The van der Waals surface area contributed by atoms with Crippen molar-refractivity contribution in [3.8, 4) is 0 Å². The molecule has 1 nitrogen and oxygen atoms in total. The molecule has 0 aliphatic rings. The lowest BCUT2D eigenvalue weighted by atomic mass is 10.2. The largest absolute Gasteiger partial charge is 0.337 e. The highest BCUT2D eigenvalue weighted by molar-refractivity contribution is 5.82. The van der Waals surface area contributed by atoms with Crippen molar-refractivity contribution in [1.29, 1.82) is 0 Å². The van der Waals surface area contributed by atoms with Crippen LogP contribution in [-0.4, -0.2) is 4.98 Å². The number of hydrogen-bond acceptors (Lipinski definition) is 0. The van der Waals surface area contributed by atoms with Crippen molar-refractivity contribution >= 4 is 10.8 Å². The van der Waals surface area contributed by atoms with Crippen molar-refractivity contribution in [3.05, 3.63) is 36.4 Å². The second-order valence-electron chi connectivity index (χ2n) is 2.19. The van der Waals surface area contributed by atoms with Gasteiger partial charge in [-0.2, -0.15) is 4.39 Å². The van der Waals surface area contributed by atoms with E-state index >= 15 is 0 Å². The van der Waals surface area contributed by atoms with E-state index in [1.54, 1.807) is 12.3 Å². The minimum Gasteiger partial charge on any atom is -0.337 e. The Kier molecular flexibility index (Phi) is 1.01. The first kappa shape index (κ1) is 5.47. The molecule has 0 fully saturated rings. The molecule has 0 unspecified atom stereocenters. The smallest absolute Gasteiger partial charge is 0.198 e. The van der Waals surface area contributed by atoms with Gasteiger partial charge in [0.2, 0.25) is 0 Å². The predicted molar refractivity (Wildman–Crippen MR) is 38.3 cm³/mol. The van der Waals surface area contributed by atoms with Gasteiger partial charge in [0.05, 0.1) is 0 Å². The van der Waals surface area contributed by atoms with Crippen molar-refractivity contribution in [2.45, 2.75) is 0 Å². The molecule has 50 valence electrons. The van der Waals surface area contributed by atoms with Crippen LogP contribution in [0.25, 0.3) is 10.8 Å². The molecule has 1 N–H and O–H groups in total. The van der Waals surface area contributed by atoms with E-state index in [0.717, 1.165) is 5.39 Å².